The quantitative estimate of drug-likeness (QED) is 0.453. The van der Waals surface area contributed by atoms with Crippen LogP contribution in [0.1, 0.15) is 35.2 Å². The highest BCUT2D eigenvalue weighted by atomic mass is 16.4. The molecule has 5 nitrogen and oxygen atoms in total. The topological polar surface area (TPSA) is 74.8 Å². The van der Waals surface area contributed by atoms with Crippen molar-refractivity contribution in [3.05, 3.63) is 71.4 Å². The van der Waals surface area contributed by atoms with Crippen LogP contribution in [0.4, 0.5) is 5.69 Å². The smallest absolute Gasteiger partial charge is 0.336 e. The fraction of sp³-hybridized carbons (Fsp3) is 0.167. The van der Waals surface area contributed by atoms with Crippen LogP contribution in [0.5, 0.6) is 0 Å². The summed E-state index contributed by atoms with van der Waals surface area (Å²) < 4.78 is 73.8. The van der Waals surface area contributed by atoms with Crippen LogP contribution in [0.2, 0.25) is 0 Å². The average molecular weight is 394 g/mol. The number of carboxylic acid groups (broad SMARTS) is 1. The molecule has 0 saturated heterocycles. The van der Waals surface area contributed by atoms with Crippen molar-refractivity contribution in [1.29, 1.82) is 0 Å². The number of carbonyl (C=O) groups is 1. The molecular formula is C24H22N2O3. The predicted molar refractivity (Wildman–Crippen MR) is 115 cm³/mol. The number of aromatic carboxylic acids is 1. The van der Waals surface area contributed by atoms with Gasteiger partial charge in [-0.2, -0.15) is 0 Å². The molecule has 29 heavy (non-hydrogen) atoms. The molecule has 0 amide bonds. The Kier molecular flexibility index (Phi) is 3.07. The number of hydrogen-bond acceptors (Lipinski definition) is 4. The van der Waals surface area contributed by atoms with Crippen LogP contribution in [-0.2, 0) is 0 Å². The van der Waals surface area contributed by atoms with E-state index in [4.69, 9.17) is 15.4 Å². The standard InChI is InChI=1S/C24H22N2O3/c1-3-25-15-9-11-19-21(13-15)29-22-14-16(26-4-2)10-12-20(22)23(19)17-7-5-6-8-18(17)24(27)28/h5-14,25H,3-4H2,1-2H3,(H,27,28)/i5D,6D,7D,8D,11D,12D,13D,14D. The van der Waals surface area contributed by atoms with Gasteiger partial charge in [-0.3, -0.25) is 4.99 Å². The van der Waals surface area contributed by atoms with Crippen LogP contribution in [0.15, 0.2) is 69.9 Å². The van der Waals surface area contributed by atoms with Gasteiger partial charge in [0.05, 0.1) is 21.9 Å². The summed E-state index contributed by atoms with van der Waals surface area (Å²) in [6.45, 7) is 4.26. The Morgan fingerprint density at radius 3 is 2.72 bits per heavy atom. The Bertz CT molecular complexity index is 1650. The van der Waals surface area contributed by atoms with E-state index in [9.17, 15) is 9.90 Å². The molecule has 1 heterocycles. The molecule has 0 aromatic heterocycles. The molecule has 0 unspecified atom stereocenters. The second-order valence-corrected chi connectivity index (χ2v) is 6.07. The lowest BCUT2D eigenvalue weighted by molar-refractivity contribution is 0.0697. The number of rotatable bonds is 5. The van der Waals surface area contributed by atoms with Crippen LogP contribution >= 0.6 is 0 Å². The van der Waals surface area contributed by atoms with Gasteiger partial charge < -0.3 is 14.8 Å². The lowest BCUT2D eigenvalue weighted by Crippen LogP contribution is -2.05. The third-order valence-corrected chi connectivity index (χ3v) is 4.21. The first-order chi connectivity index (χ1) is 17.5. The Balaban J connectivity index is 2.43. The van der Waals surface area contributed by atoms with Gasteiger partial charge in [0.25, 0.3) is 0 Å². The lowest BCUT2D eigenvalue weighted by atomic mass is 9.90. The molecule has 146 valence electrons. The first-order valence-electron chi connectivity index (χ1n) is 13.0. The van der Waals surface area contributed by atoms with Gasteiger partial charge in [-0.15, -0.1) is 0 Å². The third-order valence-electron chi connectivity index (χ3n) is 4.21. The van der Waals surface area contributed by atoms with E-state index in [1.165, 1.54) is 12.1 Å². The molecule has 5 heteroatoms. The summed E-state index contributed by atoms with van der Waals surface area (Å²) in [4.78, 5) is 16.5. The number of hydrogen-bond donors (Lipinski definition) is 2. The number of fused-ring (bicyclic) bond motifs is 2. The molecule has 2 N–H and O–H groups in total. The Labute approximate surface area is 179 Å². The molecule has 1 aliphatic carbocycles. The van der Waals surface area contributed by atoms with Gasteiger partial charge in [0.15, 0.2) is 0 Å². The second-order valence-electron chi connectivity index (χ2n) is 6.07. The zero-order valence-corrected chi connectivity index (χ0v) is 15.8. The minimum absolute atomic E-state index is 0.111. The van der Waals surface area contributed by atoms with E-state index >= 15 is 0 Å². The van der Waals surface area contributed by atoms with Gasteiger partial charge in [-0.05, 0) is 49.7 Å². The second kappa shape index (κ2) is 7.80. The van der Waals surface area contributed by atoms with Crippen molar-refractivity contribution < 1.29 is 25.3 Å². The Morgan fingerprint density at radius 2 is 1.97 bits per heavy atom. The molecular weight excluding hydrogens is 364 g/mol. The molecule has 0 spiro atoms. The zero-order valence-electron chi connectivity index (χ0n) is 23.8. The van der Waals surface area contributed by atoms with E-state index < -0.39 is 41.3 Å². The van der Waals surface area contributed by atoms with Crippen molar-refractivity contribution in [2.45, 2.75) is 13.8 Å². The number of nitrogens with zero attached hydrogens (tertiary/aromatic N) is 1. The van der Waals surface area contributed by atoms with E-state index in [2.05, 4.69) is 10.3 Å². The summed E-state index contributed by atoms with van der Waals surface area (Å²) in [6, 6.07) is -1.25. The van der Waals surface area contributed by atoms with Gasteiger partial charge in [0, 0.05) is 47.4 Å². The van der Waals surface area contributed by atoms with Crippen LogP contribution in [-0.4, -0.2) is 24.2 Å². The molecule has 2 aliphatic rings. The molecule has 4 rings (SSSR count). The van der Waals surface area contributed by atoms with Crippen molar-refractivity contribution in [3.63, 3.8) is 0 Å². The zero-order chi connectivity index (χ0) is 27.3. The summed E-state index contributed by atoms with van der Waals surface area (Å²) in [6.07, 6.45) is 0. The molecule has 2 aromatic carbocycles. The molecule has 0 radical (unpaired) electrons. The molecule has 1 aliphatic heterocycles. The van der Waals surface area contributed by atoms with E-state index in [0.29, 0.717) is 13.1 Å². The van der Waals surface area contributed by atoms with Crippen molar-refractivity contribution in [2.24, 2.45) is 4.99 Å². The maximum atomic E-state index is 12.3. The largest absolute Gasteiger partial charge is 0.478 e. The van der Waals surface area contributed by atoms with Crippen LogP contribution in [0.25, 0.3) is 33.4 Å². The van der Waals surface area contributed by atoms with E-state index in [-0.39, 0.29) is 63.1 Å². The third kappa shape index (κ3) is 3.47. The van der Waals surface area contributed by atoms with Crippen molar-refractivity contribution in [1.82, 2.24) is 0 Å². The first kappa shape index (κ1) is 11.4. The van der Waals surface area contributed by atoms with Crippen LogP contribution in [0, 0.1) is 0 Å². The minimum Gasteiger partial charge on any atom is -0.478 e. The van der Waals surface area contributed by atoms with Crippen molar-refractivity contribution >= 4 is 22.6 Å². The maximum Gasteiger partial charge on any atom is 0.336 e. The fourth-order valence-electron chi connectivity index (χ4n) is 3.05. The van der Waals surface area contributed by atoms with Gasteiger partial charge in [0.1, 0.15) is 11.3 Å². The molecule has 2 aromatic rings. The number of carboxylic acids is 1. The summed E-state index contributed by atoms with van der Waals surface area (Å²) in [5, 5.41) is 13.0. The van der Waals surface area contributed by atoms with Gasteiger partial charge in [0.2, 0.25) is 0 Å². The number of anilines is 1. The highest BCUT2D eigenvalue weighted by molar-refractivity contribution is 6.07. The summed E-state index contributed by atoms with van der Waals surface area (Å²) in [5.41, 5.74) is -1.48. The van der Waals surface area contributed by atoms with Gasteiger partial charge in [-0.1, -0.05) is 18.1 Å². The van der Waals surface area contributed by atoms with E-state index in [1.807, 2.05) is 0 Å². The monoisotopic (exact) mass is 394 g/mol. The van der Waals surface area contributed by atoms with Crippen LogP contribution in [0.3, 0.4) is 0 Å². The molecule has 0 fully saturated rings. The molecule has 0 atom stereocenters. The van der Waals surface area contributed by atoms with Crippen LogP contribution < -0.4 is 10.7 Å². The SMILES string of the molecule is [2H]c1cc(=NCC)c([2H])c2oc3c([2H])c(NCC)cc([2H])c3c(-c3c([2H])c([2H])c([2H])c([2H])c3C(=O)O)c1-2. The first-order valence-corrected chi connectivity index (χ1v) is 9.05. The minimum atomic E-state index is -1.64. The lowest BCUT2D eigenvalue weighted by Gasteiger charge is -2.17. The number of benzene rings is 3. The average Bonchev–Trinajstić information content (AvgIpc) is 2.85. The number of nitrogens with one attached hydrogen (secondary N) is 1. The fourth-order valence-corrected chi connectivity index (χ4v) is 3.05. The van der Waals surface area contributed by atoms with E-state index in [1.54, 1.807) is 13.8 Å². The summed E-state index contributed by atoms with van der Waals surface area (Å²) in [5.74, 6) is -1.85. The highest BCUT2D eigenvalue weighted by Crippen LogP contribution is 2.41. The normalized spacial score (nSPS) is 15.7. The summed E-state index contributed by atoms with van der Waals surface area (Å²) in [7, 11) is 0. The van der Waals surface area contributed by atoms with E-state index in [0.717, 1.165) is 0 Å². The molecule has 0 saturated carbocycles. The van der Waals surface area contributed by atoms with Crippen molar-refractivity contribution in [3.8, 4) is 22.5 Å². The highest BCUT2D eigenvalue weighted by Gasteiger charge is 2.21. The maximum absolute atomic E-state index is 12.3. The Hall–Kier alpha value is -3.60. The van der Waals surface area contributed by atoms with Gasteiger partial charge in [-0.25, -0.2) is 4.79 Å². The molecule has 0 bridgehead atoms. The summed E-state index contributed by atoms with van der Waals surface area (Å²) >= 11 is 0. The Morgan fingerprint density at radius 1 is 1.14 bits per heavy atom. The van der Waals surface area contributed by atoms with Gasteiger partial charge >= 0.3 is 5.97 Å². The predicted octanol–water partition coefficient (Wildman–Crippen LogP) is 5.26. The van der Waals surface area contributed by atoms with Crippen molar-refractivity contribution in [2.75, 3.05) is 18.4 Å².